The topological polar surface area (TPSA) is 64.2 Å². The average molecular weight is 503 g/mol. The lowest BCUT2D eigenvalue weighted by atomic mass is 9.67. The van der Waals surface area contributed by atoms with Gasteiger partial charge in [0.2, 0.25) is 11.8 Å². The molecule has 4 amide bonds. The number of hydrogen-bond acceptors (Lipinski definition) is 5. The van der Waals surface area contributed by atoms with Gasteiger partial charge in [0.1, 0.15) is 0 Å². The van der Waals surface area contributed by atoms with Crippen LogP contribution < -0.4 is 4.90 Å². The van der Waals surface area contributed by atoms with Crippen molar-refractivity contribution in [1.29, 1.82) is 0 Å². The predicted octanol–water partition coefficient (Wildman–Crippen LogP) is 4.02. The number of imide groups is 2. The minimum absolute atomic E-state index is 0.104. The van der Waals surface area contributed by atoms with E-state index in [2.05, 4.69) is 28.0 Å². The zero-order valence-corrected chi connectivity index (χ0v) is 22.4. The van der Waals surface area contributed by atoms with Crippen molar-refractivity contribution < 1.29 is 14.4 Å². The third-order valence-electron chi connectivity index (χ3n) is 7.86. The quantitative estimate of drug-likeness (QED) is 0.559. The molecular weight excluding hydrogens is 464 g/mol. The highest BCUT2D eigenvalue weighted by Crippen LogP contribution is 2.47. The maximum atomic E-state index is 14.4. The number of carbonyl (C=O) groups excluding carboxylic acids is 3. The molecule has 0 N–H and O–H groups in total. The summed E-state index contributed by atoms with van der Waals surface area (Å²) in [6, 6.07) is 17.6. The second-order valence-corrected chi connectivity index (χ2v) is 11.6. The number of carbonyl (C=O) groups is 3. The number of piperazine rings is 1. The Morgan fingerprint density at radius 3 is 2.03 bits per heavy atom. The Balaban J connectivity index is 1.60. The monoisotopic (exact) mass is 502 g/mol. The van der Waals surface area contributed by atoms with Gasteiger partial charge in [0, 0.05) is 45.0 Å². The van der Waals surface area contributed by atoms with E-state index in [0.717, 1.165) is 30.9 Å². The molecule has 0 bridgehead atoms. The smallest absolute Gasteiger partial charge is 0.333 e. The van der Waals surface area contributed by atoms with Gasteiger partial charge in [0.05, 0.1) is 6.04 Å². The van der Waals surface area contributed by atoms with Gasteiger partial charge in [-0.3, -0.25) is 24.3 Å². The molecule has 0 radical (unpaired) electrons. The minimum atomic E-state index is -1.33. The van der Waals surface area contributed by atoms with Gasteiger partial charge in [-0.2, -0.15) is 0 Å². The van der Waals surface area contributed by atoms with Crippen LogP contribution in [-0.4, -0.2) is 71.3 Å². The molecule has 7 nitrogen and oxygen atoms in total. The third kappa shape index (κ3) is 4.43. The molecular formula is C30H38N4O3. The highest BCUT2D eigenvalue weighted by atomic mass is 16.2. The van der Waals surface area contributed by atoms with E-state index in [9.17, 15) is 14.4 Å². The number of rotatable bonds is 6. The van der Waals surface area contributed by atoms with Gasteiger partial charge < -0.3 is 4.90 Å². The van der Waals surface area contributed by atoms with Crippen molar-refractivity contribution in [1.82, 2.24) is 14.7 Å². The predicted molar refractivity (Wildman–Crippen MR) is 144 cm³/mol. The van der Waals surface area contributed by atoms with Crippen LogP contribution >= 0.6 is 0 Å². The van der Waals surface area contributed by atoms with Crippen molar-refractivity contribution in [2.75, 3.05) is 37.6 Å². The Labute approximate surface area is 220 Å². The molecule has 2 aromatic rings. The number of amides is 4. The summed E-state index contributed by atoms with van der Waals surface area (Å²) in [7, 11) is 0. The maximum Gasteiger partial charge on any atom is 0.333 e. The van der Waals surface area contributed by atoms with E-state index in [4.69, 9.17) is 0 Å². The molecule has 196 valence electrons. The highest BCUT2D eigenvalue weighted by molar-refractivity contribution is 6.20. The van der Waals surface area contributed by atoms with Crippen LogP contribution in [0.4, 0.5) is 10.5 Å². The number of hydrogen-bond donors (Lipinski definition) is 0. The van der Waals surface area contributed by atoms with E-state index >= 15 is 0 Å². The second-order valence-electron chi connectivity index (χ2n) is 11.6. The summed E-state index contributed by atoms with van der Waals surface area (Å²) in [6.45, 7) is 11.5. The first kappa shape index (κ1) is 25.5. The van der Waals surface area contributed by atoms with Gasteiger partial charge in [-0.15, -0.1) is 0 Å². The van der Waals surface area contributed by atoms with Gasteiger partial charge >= 0.3 is 6.03 Å². The summed E-state index contributed by atoms with van der Waals surface area (Å²) in [5, 5.41) is 0. The molecule has 0 saturated carbocycles. The summed E-state index contributed by atoms with van der Waals surface area (Å²) < 4.78 is 0. The molecule has 3 aliphatic heterocycles. The maximum absolute atomic E-state index is 14.4. The Kier molecular flexibility index (Phi) is 6.84. The van der Waals surface area contributed by atoms with E-state index in [-0.39, 0.29) is 29.7 Å². The molecule has 5 rings (SSSR count). The summed E-state index contributed by atoms with van der Waals surface area (Å²) in [6.07, 6.45) is 0.317. The zero-order chi connectivity index (χ0) is 26.3. The summed E-state index contributed by atoms with van der Waals surface area (Å²) in [5.41, 5.74) is 1.98. The molecule has 3 aliphatic rings. The van der Waals surface area contributed by atoms with Gasteiger partial charge in [0.25, 0.3) is 0 Å². The minimum Gasteiger partial charge on any atom is -0.364 e. The van der Waals surface area contributed by atoms with E-state index in [1.165, 1.54) is 15.4 Å². The van der Waals surface area contributed by atoms with Gasteiger partial charge in [-0.25, -0.2) is 4.79 Å². The molecule has 0 aromatic heterocycles. The van der Waals surface area contributed by atoms with Gasteiger partial charge in [0.15, 0.2) is 5.41 Å². The molecule has 2 aromatic carbocycles. The third-order valence-corrected chi connectivity index (χ3v) is 7.86. The Morgan fingerprint density at radius 2 is 1.41 bits per heavy atom. The summed E-state index contributed by atoms with van der Waals surface area (Å²) in [4.78, 5) is 49.8. The number of fused-ring (bicyclic) bond motifs is 4. The molecule has 37 heavy (non-hydrogen) atoms. The van der Waals surface area contributed by atoms with Crippen molar-refractivity contribution >= 4 is 23.5 Å². The lowest BCUT2D eigenvalue weighted by Gasteiger charge is -2.57. The van der Waals surface area contributed by atoms with Gasteiger partial charge in [-0.05, 0) is 35.4 Å². The van der Waals surface area contributed by atoms with Gasteiger partial charge in [-0.1, -0.05) is 76.2 Å². The number of barbiturate groups is 1. The SMILES string of the molecule is CC(C)CN1C(=O)N(CC(C)C)C(=O)C2(Cc3ccccc3N3CCN(Cc4ccccc4)CC32)C1=O. The molecule has 1 atom stereocenters. The van der Waals surface area contributed by atoms with E-state index in [1.54, 1.807) is 0 Å². The van der Waals surface area contributed by atoms with E-state index in [1.807, 2.05) is 64.1 Å². The van der Waals surface area contributed by atoms with Crippen LogP contribution in [0.15, 0.2) is 54.6 Å². The number of anilines is 1. The fourth-order valence-electron chi connectivity index (χ4n) is 6.27. The first-order valence-corrected chi connectivity index (χ1v) is 13.5. The molecule has 1 unspecified atom stereocenters. The summed E-state index contributed by atoms with van der Waals surface area (Å²) >= 11 is 0. The Hall–Kier alpha value is -3.19. The molecule has 0 aliphatic carbocycles. The second kappa shape index (κ2) is 9.93. The molecule has 2 saturated heterocycles. The number of urea groups is 1. The Bertz CT molecular complexity index is 1150. The fourth-order valence-corrected chi connectivity index (χ4v) is 6.27. The lowest BCUT2D eigenvalue weighted by Crippen LogP contribution is -2.76. The van der Waals surface area contributed by atoms with Crippen LogP contribution in [0, 0.1) is 17.3 Å². The number of para-hydroxylation sites is 1. The molecule has 7 heteroatoms. The lowest BCUT2D eigenvalue weighted by molar-refractivity contribution is -0.162. The standard InChI is InChI=1S/C30H38N4O3/c1-21(2)17-33-27(35)30(28(36)34(29(33)37)18-22(3)4)16-24-12-8-9-13-25(24)32-15-14-31(20-26(30)32)19-23-10-6-5-7-11-23/h5-13,21-22,26H,14-20H2,1-4H3. The van der Waals surface area contributed by atoms with Crippen molar-refractivity contribution in [3.63, 3.8) is 0 Å². The number of nitrogens with zero attached hydrogens (tertiary/aromatic N) is 4. The van der Waals surface area contributed by atoms with Crippen molar-refractivity contribution in [2.24, 2.45) is 17.3 Å². The summed E-state index contributed by atoms with van der Waals surface area (Å²) in [5.74, 6) is -0.455. The number of benzene rings is 2. The van der Waals surface area contributed by atoms with Crippen molar-refractivity contribution in [3.05, 3.63) is 65.7 Å². The van der Waals surface area contributed by atoms with Crippen LogP contribution in [-0.2, 0) is 22.6 Å². The van der Waals surface area contributed by atoms with E-state index in [0.29, 0.717) is 26.1 Å². The van der Waals surface area contributed by atoms with Crippen LogP contribution in [0.2, 0.25) is 0 Å². The zero-order valence-electron chi connectivity index (χ0n) is 22.4. The van der Waals surface area contributed by atoms with Crippen LogP contribution in [0.1, 0.15) is 38.8 Å². The van der Waals surface area contributed by atoms with Crippen molar-refractivity contribution in [3.8, 4) is 0 Å². The molecule has 2 fully saturated rings. The largest absolute Gasteiger partial charge is 0.364 e. The fraction of sp³-hybridized carbons (Fsp3) is 0.500. The van der Waals surface area contributed by atoms with Crippen LogP contribution in [0.5, 0.6) is 0 Å². The highest BCUT2D eigenvalue weighted by Gasteiger charge is 2.64. The first-order chi connectivity index (χ1) is 17.7. The normalized spacial score (nSPS) is 21.7. The average Bonchev–Trinajstić information content (AvgIpc) is 2.88. The first-order valence-electron chi connectivity index (χ1n) is 13.5. The van der Waals surface area contributed by atoms with Crippen molar-refractivity contribution in [2.45, 2.75) is 46.7 Å². The molecule has 3 heterocycles. The van der Waals surface area contributed by atoms with Crippen LogP contribution in [0.25, 0.3) is 0 Å². The Morgan fingerprint density at radius 1 is 0.811 bits per heavy atom. The molecule has 1 spiro atoms. The van der Waals surface area contributed by atoms with Crippen LogP contribution in [0.3, 0.4) is 0 Å². The van der Waals surface area contributed by atoms with E-state index < -0.39 is 11.4 Å².